The Hall–Kier alpha value is 0.103. The summed E-state index contributed by atoms with van der Waals surface area (Å²) in [5.41, 5.74) is 3.20. The van der Waals surface area contributed by atoms with Gasteiger partial charge in [0.15, 0.2) is 0 Å². The van der Waals surface area contributed by atoms with Crippen molar-refractivity contribution in [3.05, 3.63) is 35.4 Å². The van der Waals surface area contributed by atoms with Crippen molar-refractivity contribution in [3.8, 4) is 0 Å². The Bertz CT molecular complexity index is 242. The monoisotopic (exact) mass is 207 g/mol. The molecule has 0 spiro atoms. The maximum atomic E-state index is 2.28. The van der Waals surface area contributed by atoms with E-state index in [0.717, 1.165) is 3.63 Å². The molecule has 0 bridgehead atoms. The summed E-state index contributed by atoms with van der Waals surface area (Å²) in [5, 5.41) is 0. The molecule has 10 heavy (non-hydrogen) atoms. The molecule has 0 radical (unpaired) electrons. The molecule has 0 aliphatic heterocycles. The van der Waals surface area contributed by atoms with Gasteiger partial charge >= 0.3 is 76.6 Å². The van der Waals surface area contributed by atoms with Gasteiger partial charge < -0.3 is 0 Å². The van der Waals surface area contributed by atoms with Crippen molar-refractivity contribution in [2.24, 2.45) is 0 Å². The summed E-state index contributed by atoms with van der Waals surface area (Å²) in [7, 11) is 0. The Morgan fingerprint density at radius 2 is 2.10 bits per heavy atom. The molecule has 0 saturated heterocycles. The molecule has 0 fully saturated rings. The molecule has 1 aromatic rings. The SMILES string of the molecule is [Zr][CH]1CCc2ccccc21. The van der Waals surface area contributed by atoms with E-state index in [0.29, 0.717) is 0 Å². The van der Waals surface area contributed by atoms with E-state index in [2.05, 4.69) is 24.3 Å². The standard InChI is InChI=1S/C9H9.Zr/c1-2-5-9-7-3-6-8(9)4-1;/h1-2,4-6H,3,7H2;. The number of hydrogen-bond donors (Lipinski definition) is 0. The molecular formula is C9H9Zr. The molecule has 0 heterocycles. The van der Waals surface area contributed by atoms with Crippen molar-refractivity contribution < 1.29 is 24.7 Å². The summed E-state index contributed by atoms with van der Waals surface area (Å²) in [4.78, 5) is 0. The van der Waals surface area contributed by atoms with Gasteiger partial charge in [0, 0.05) is 0 Å². The Morgan fingerprint density at radius 1 is 1.30 bits per heavy atom. The van der Waals surface area contributed by atoms with Crippen LogP contribution in [0.15, 0.2) is 24.3 Å². The first-order chi connectivity index (χ1) is 4.88. The topological polar surface area (TPSA) is 0 Å². The molecule has 2 rings (SSSR count). The summed E-state index contributed by atoms with van der Waals surface area (Å²) in [6.45, 7) is 0. The summed E-state index contributed by atoms with van der Waals surface area (Å²) in [6, 6.07) is 8.84. The average Bonchev–Trinajstić information content (AvgIpc) is 2.34. The third-order valence-electron chi connectivity index (χ3n) is 2.13. The second-order valence-corrected chi connectivity index (χ2v) is 4.50. The summed E-state index contributed by atoms with van der Waals surface area (Å²) in [5.74, 6) is 0. The molecule has 0 nitrogen and oxygen atoms in total. The van der Waals surface area contributed by atoms with Crippen LogP contribution in [0.5, 0.6) is 0 Å². The van der Waals surface area contributed by atoms with Crippen LogP contribution in [0.2, 0.25) is 0 Å². The first kappa shape index (κ1) is 6.79. The van der Waals surface area contributed by atoms with Crippen molar-refractivity contribution in [2.75, 3.05) is 0 Å². The van der Waals surface area contributed by atoms with Gasteiger partial charge in [-0.2, -0.15) is 0 Å². The minimum atomic E-state index is 0.892. The van der Waals surface area contributed by atoms with Crippen LogP contribution in [0.3, 0.4) is 0 Å². The Kier molecular flexibility index (Phi) is 1.78. The van der Waals surface area contributed by atoms with Gasteiger partial charge in [-0.3, -0.25) is 0 Å². The predicted molar refractivity (Wildman–Crippen MR) is 37.5 cm³/mol. The number of rotatable bonds is 0. The van der Waals surface area contributed by atoms with E-state index in [1.807, 2.05) is 0 Å². The molecule has 1 unspecified atom stereocenters. The average molecular weight is 208 g/mol. The molecule has 1 heteroatoms. The van der Waals surface area contributed by atoms with Crippen LogP contribution in [-0.2, 0) is 31.1 Å². The summed E-state index contributed by atoms with van der Waals surface area (Å²) >= 11 is 1.68. The summed E-state index contributed by atoms with van der Waals surface area (Å²) in [6.07, 6.45) is 2.70. The van der Waals surface area contributed by atoms with Crippen LogP contribution in [-0.4, -0.2) is 0 Å². The van der Waals surface area contributed by atoms with Gasteiger partial charge in [0.05, 0.1) is 0 Å². The molecule has 0 saturated carbocycles. The van der Waals surface area contributed by atoms with Crippen molar-refractivity contribution >= 4 is 0 Å². The van der Waals surface area contributed by atoms with Crippen LogP contribution in [0.4, 0.5) is 0 Å². The molecule has 1 aliphatic rings. The maximum absolute atomic E-state index is 2.28. The minimum absolute atomic E-state index is 0.892. The predicted octanol–water partition coefficient (Wildman–Crippen LogP) is 2.22. The fourth-order valence-electron chi connectivity index (χ4n) is 1.56. The van der Waals surface area contributed by atoms with Gasteiger partial charge in [-0.1, -0.05) is 0 Å². The summed E-state index contributed by atoms with van der Waals surface area (Å²) < 4.78 is 0.892. The fourth-order valence-corrected chi connectivity index (χ4v) is 2.60. The normalized spacial score (nSPS) is 22.5. The molecular weight excluding hydrogens is 199 g/mol. The number of hydrogen-bond acceptors (Lipinski definition) is 0. The number of benzene rings is 1. The molecule has 1 aliphatic carbocycles. The number of fused-ring (bicyclic) bond motifs is 1. The van der Waals surface area contributed by atoms with Crippen LogP contribution in [0, 0.1) is 0 Å². The van der Waals surface area contributed by atoms with Crippen molar-refractivity contribution in [2.45, 2.75) is 16.5 Å². The fraction of sp³-hybridized carbons (Fsp3) is 0.333. The van der Waals surface area contributed by atoms with Gasteiger partial charge in [0.25, 0.3) is 0 Å². The second-order valence-electron chi connectivity index (χ2n) is 2.79. The second kappa shape index (κ2) is 2.62. The van der Waals surface area contributed by atoms with Crippen molar-refractivity contribution in [1.82, 2.24) is 0 Å². The van der Waals surface area contributed by atoms with E-state index in [-0.39, 0.29) is 0 Å². The van der Waals surface area contributed by atoms with E-state index < -0.39 is 0 Å². The van der Waals surface area contributed by atoms with E-state index in [1.54, 1.807) is 35.8 Å². The van der Waals surface area contributed by atoms with Crippen LogP contribution < -0.4 is 0 Å². The Labute approximate surface area is 76.5 Å². The number of aryl methyl sites for hydroxylation is 1. The molecule has 49 valence electrons. The zero-order valence-corrected chi connectivity index (χ0v) is 8.26. The van der Waals surface area contributed by atoms with Gasteiger partial charge in [-0.05, 0) is 0 Å². The van der Waals surface area contributed by atoms with E-state index in [4.69, 9.17) is 0 Å². The van der Waals surface area contributed by atoms with Gasteiger partial charge in [-0.25, -0.2) is 0 Å². The zero-order valence-electron chi connectivity index (χ0n) is 5.80. The Morgan fingerprint density at radius 3 is 2.90 bits per heavy atom. The first-order valence-corrected chi connectivity index (χ1v) is 5.09. The molecule has 0 N–H and O–H groups in total. The quantitative estimate of drug-likeness (QED) is 0.613. The van der Waals surface area contributed by atoms with Crippen LogP contribution in [0.25, 0.3) is 0 Å². The third kappa shape index (κ3) is 1.01. The van der Waals surface area contributed by atoms with E-state index in [1.165, 1.54) is 12.8 Å². The molecule has 1 atom stereocenters. The molecule has 1 aromatic carbocycles. The molecule has 0 aromatic heterocycles. The van der Waals surface area contributed by atoms with Crippen LogP contribution in [0.1, 0.15) is 21.2 Å². The van der Waals surface area contributed by atoms with Crippen LogP contribution >= 0.6 is 0 Å². The first-order valence-electron chi connectivity index (χ1n) is 3.67. The van der Waals surface area contributed by atoms with Gasteiger partial charge in [0.2, 0.25) is 0 Å². The van der Waals surface area contributed by atoms with Crippen molar-refractivity contribution in [1.29, 1.82) is 0 Å². The van der Waals surface area contributed by atoms with E-state index in [9.17, 15) is 0 Å². The molecule has 0 amide bonds. The van der Waals surface area contributed by atoms with E-state index >= 15 is 0 Å². The van der Waals surface area contributed by atoms with Crippen molar-refractivity contribution in [3.63, 3.8) is 0 Å². The zero-order chi connectivity index (χ0) is 6.97. The third-order valence-corrected chi connectivity index (χ3v) is 3.61. The van der Waals surface area contributed by atoms with Gasteiger partial charge in [0.1, 0.15) is 0 Å². The Balaban J connectivity index is 2.51. The van der Waals surface area contributed by atoms with Gasteiger partial charge in [-0.15, -0.1) is 0 Å².